The van der Waals surface area contributed by atoms with Crippen molar-refractivity contribution in [3.8, 4) is 0 Å². The maximum atomic E-state index is 10.7. The predicted octanol–water partition coefficient (Wildman–Crippen LogP) is 0.00700. The van der Waals surface area contributed by atoms with E-state index in [9.17, 15) is 4.79 Å². The lowest BCUT2D eigenvalue weighted by molar-refractivity contribution is -0.141. The normalized spacial score (nSPS) is 14.5. The van der Waals surface area contributed by atoms with Crippen LogP contribution in [0.5, 0.6) is 0 Å². The van der Waals surface area contributed by atoms with E-state index in [1.54, 1.807) is 17.4 Å². The minimum absolute atomic E-state index is 0.220. The molecule has 1 rings (SSSR count). The molecule has 0 unspecified atom stereocenters. The zero-order valence-electron chi connectivity index (χ0n) is 6.28. The van der Waals surface area contributed by atoms with Crippen molar-refractivity contribution in [3.05, 3.63) is 24.6 Å². The molecule has 0 fully saturated rings. The standard InChI is InChI=1S/C7H10N2O2/c1-11-7(10)6-9-5-3-2-4-8-9/h2-5,8H,6H2,1H3. The highest BCUT2D eigenvalue weighted by molar-refractivity contribution is 5.71. The number of allylic oxidation sites excluding steroid dienone is 2. The van der Waals surface area contributed by atoms with Gasteiger partial charge in [0.2, 0.25) is 0 Å². The molecule has 0 spiro atoms. The van der Waals surface area contributed by atoms with Gasteiger partial charge in [0.1, 0.15) is 6.54 Å². The number of ether oxygens (including phenoxy) is 1. The number of rotatable bonds is 2. The van der Waals surface area contributed by atoms with Crippen molar-refractivity contribution < 1.29 is 9.53 Å². The summed E-state index contributed by atoms with van der Waals surface area (Å²) in [4.78, 5) is 10.7. The summed E-state index contributed by atoms with van der Waals surface area (Å²) in [6.07, 6.45) is 7.17. The van der Waals surface area contributed by atoms with E-state index in [0.29, 0.717) is 0 Å². The van der Waals surface area contributed by atoms with E-state index >= 15 is 0 Å². The Balaban J connectivity index is 2.33. The van der Waals surface area contributed by atoms with Gasteiger partial charge in [-0.3, -0.25) is 9.80 Å². The van der Waals surface area contributed by atoms with E-state index < -0.39 is 0 Å². The number of nitrogens with one attached hydrogen (secondary N) is 1. The van der Waals surface area contributed by atoms with Crippen LogP contribution in [0.15, 0.2) is 24.6 Å². The second kappa shape index (κ2) is 3.65. The smallest absolute Gasteiger partial charge is 0.327 e. The summed E-state index contributed by atoms with van der Waals surface area (Å²) < 4.78 is 4.47. The van der Waals surface area contributed by atoms with Gasteiger partial charge in [-0.15, -0.1) is 0 Å². The monoisotopic (exact) mass is 154 g/mol. The van der Waals surface area contributed by atoms with Crippen LogP contribution >= 0.6 is 0 Å². The fourth-order valence-corrected chi connectivity index (χ4v) is 0.693. The summed E-state index contributed by atoms with van der Waals surface area (Å²) >= 11 is 0. The third kappa shape index (κ3) is 2.33. The van der Waals surface area contributed by atoms with E-state index in [2.05, 4.69) is 10.2 Å². The molecule has 0 aliphatic carbocycles. The number of hydrogen-bond acceptors (Lipinski definition) is 4. The Morgan fingerprint density at radius 1 is 1.64 bits per heavy atom. The van der Waals surface area contributed by atoms with E-state index in [1.165, 1.54) is 7.11 Å². The van der Waals surface area contributed by atoms with Crippen LogP contribution in [0, 0.1) is 0 Å². The Kier molecular flexibility index (Phi) is 2.54. The molecule has 1 aliphatic rings. The lowest BCUT2D eigenvalue weighted by Crippen LogP contribution is -2.35. The number of hydrazine groups is 1. The minimum atomic E-state index is -0.266. The summed E-state index contributed by atoms with van der Waals surface area (Å²) in [5.74, 6) is -0.266. The summed E-state index contributed by atoms with van der Waals surface area (Å²) in [7, 11) is 1.37. The van der Waals surface area contributed by atoms with E-state index in [4.69, 9.17) is 0 Å². The number of hydrogen-bond donors (Lipinski definition) is 1. The fourth-order valence-electron chi connectivity index (χ4n) is 0.693. The van der Waals surface area contributed by atoms with Crippen LogP contribution in [-0.4, -0.2) is 24.6 Å². The molecule has 11 heavy (non-hydrogen) atoms. The van der Waals surface area contributed by atoms with Gasteiger partial charge < -0.3 is 10.2 Å². The number of methoxy groups -OCH3 is 1. The van der Waals surface area contributed by atoms with Crippen molar-refractivity contribution >= 4 is 5.97 Å². The van der Waals surface area contributed by atoms with Gasteiger partial charge in [-0.2, -0.15) is 0 Å². The van der Waals surface area contributed by atoms with E-state index in [-0.39, 0.29) is 12.5 Å². The molecule has 0 bridgehead atoms. The molecule has 0 aromatic carbocycles. The quantitative estimate of drug-likeness (QED) is 0.569. The first kappa shape index (κ1) is 7.65. The Labute approximate surface area is 65.1 Å². The molecule has 1 N–H and O–H groups in total. The second-order valence-corrected chi connectivity index (χ2v) is 2.03. The van der Waals surface area contributed by atoms with Gasteiger partial charge in [-0.25, -0.2) is 0 Å². The predicted molar refractivity (Wildman–Crippen MR) is 40.1 cm³/mol. The van der Waals surface area contributed by atoms with Gasteiger partial charge in [0, 0.05) is 12.4 Å². The van der Waals surface area contributed by atoms with Crippen LogP contribution in [0.3, 0.4) is 0 Å². The van der Waals surface area contributed by atoms with Crippen LogP contribution in [0.4, 0.5) is 0 Å². The molecule has 0 saturated heterocycles. The number of carbonyl (C=O) groups excluding carboxylic acids is 1. The average Bonchev–Trinajstić information content (AvgIpc) is 2.06. The molecule has 0 amide bonds. The van der Waals surface area contributed by atoms with Gasteiger partial charge in [0.05, 0.1) is 7.11 Å². The van der Waals surface area contributed by atoms with Crippen LogP contribution < -0.4 is 5.43 Å². The molecule has 0 aromatic heterocycles. The molecule has 0 radical (unpaired) electrons. The minimum Gasteiger partial charge on any atom is -0.468 e. The molecule has 1 aliphatic heterocycles. The Morgan fingerprint density at radius 3 is 3.00 bits per heavy atom. The maximum absolute atomic E-state index is 10.7. The summed E-state index contributed by atoms with van der Waals surface area (Å²) in [5, 5.41) is 1.63. The zero-order valence-corrected chi connectivity index (χ0v) is 6.28. The summed E-state index contributed by atoms with van der Waals surface area (Å²) in [5.41, 5.74) is 2.85. The SMILES string of the molecule is COC(=O)CN1C=CC=CN1. The van der Waals surface area contributed by atoms with E-state index in [0.717, 1.165) is 0 Å². The first-order valence-electron chi connectivity index (χ1n) is 3.26. The second-order valence-electron chi connectivity index (χ2n) is 2.03. The third-order valence-electron chi connectivity index (χ3n) is 1.24. The fraction of sp³-hybridized carbons (Fsp3) is 0.286. The van der Waals surface area contributed by atoms with Gasteiger partial charge in [-0.1, -0.05) is 0 Å². The van der Waals surface area contributed by atoms with Crippen LogP contribution in [0.2, 0.25) is 0 Å². The molecule has 0 atom stereocenters. The highest BCUT2D eigenvalue weighted by Crippen LogP contribution is 1.92. The van der Waals surface area contributed by atoms with Crippen molar-refractivity contribution in [1.82, 2.24) is 10.4 Å². The van der Waals surface area contributed by atoms with Gasteiger partial charge in [-0.05, 0) is 12.2 Å². The van der Waals surface area contributed by atoms with Gasteiger partial charge >= 0.3 is 5.97 Å². The largest absolute Gasteiger partial charge is 0.468 e. The average molecular weight is 154 g/mol. The number of carbonyl (C=O) groups is 1. The van der Waals surface area contributed by atoms with Gasteiger partial charge in [0.25, 0.3) is 0 Å². The molecular weight excluding hydrogens is 144 g/mol. The Hall–Kier alpha value is -1.45. The topological polar surface area (TPSA) is 41.6 Å². The lowest BCUT2D eigenvalue weighted by Gasteiger charge is -2.20. The third-order valence-corrected chi connectivity index (χ3v) is 1.24. The van der Waals surface area contributed by atoms with E-state index in [1.807, 2.05) is 12.2 Å². The molecule has 1 heterocycles. The van der Waals surface area contributed by atoms with Crippen molar-refractivity contribution in [3.63, 3.8) is 0 Å². The zero-order chi connectivity index (χ0) is 8.10. The number of esters is 1. The first-order valence-corrected chi connectivity index (χ1v) is 3.26. The number of nitrogens with zero attached hydrogens (tertiary/aromatic N) is 1. The maximum Gasteiger partial charge on any atom is 0.327 e. The van der Waals surface area contributed by atoms with Crippen molar-refractivity contribution in [2.75, 3.05) is 13.7 Å². The van der Waals surface area contributed by atoms with Crippen molar-refractivity contribution in [2.24, 2.45) is 0 Å². The van der Waals surface area contributed by atoms with Crippen LogP contribution in [-0.2, 0) is 9.53 Å². The van der Waals surface area contributed by atoms with Crippen LogP contribution in [0.1, 0.15) is 0 Å². The van der Waals surface area contributed by atoms with Crippen molar-refractivity contribution in [1.29, 1.82) is 0 Å². The highest BCUT2D eigenvalue weighted by atomic mass is 16.5. The summed E-state index contributed by atoms with van der Waals surface area (Å²) in [6, 6.07) is 0. The molecule has 4 nitrogen and oxygen atoms in total. The molecular formula is C7H10N2O2. The molecule has 0 aromatic rings. The Bertz CT molecular complexity index is 199. The molecule has 4 heteroatoms. The van der Waals surface area contributed by atoms with Gasteiger partial charge in [0.15, 0.2) is 0 Å². The first-order chi connectivity index (χ1) is 5.33. The highest BCUT2D eigenvalue weighted by Gasteiger charge is 2.05. The molecule has 0 saturated carbocycles. The lowest BCUT2D eigenvalue weighted by atomic mass is 10.5. The molecule has 60 valence electrons. The Morgan fingerprint density at radius 2 is 2.45 bits per heavy atom. The van der Waals surface area contributed by atoms with Crippen LogP contribution in [0.25, 0.3) is 0 Å². The summed E-state index contributed by atoms with van der Waals surface area (Å²) in [6.45, 7) is 0.220. The van der Waals surface area contributed by atoms with Crippen molar-refractivity contribution in [2.45, 2.75) is 0 Å².